The van der Waals surface area contributed by atoms with Crippen LogP contribution in [-0.4, -0.2) is 9.55 Å². The van der Waals surface area contributed by atoms with Crippen LogP contribution in [0.3, 0.4) is 0 Å². The Hall–Kier alpha value is -2.00. The van der Waals surface area contributed by atoms with Crippen LogP contribution < -0.4 is 5.73 Å². The third-order valence-electron chi connectivity index (χ3n) is 3.01. The third kappa shape index (κ3) is 1.83. The molecule has 1 aromatic heterocycles. The fourth-order valence-electron chi connectivity index (χ4n) is 2.05. The minimum atomic E-state index is 0.631. The molecule has 0 atom stereocenters. The number of halogens is 1. The van der Waals surface area contributed by atoms with Gasteiger partial charge in [-0.25, -0.2) is 4.98 Å². The number of nitrogen functional groups attached to an aromatic ring is 1. The summed E-state index contributed by atoms with van der Waals surface area (Å²) in [5.74, 6) is 0. The average molecular weight is 258 g/mol. The van der Waals surface area contributed by atoms with E-state index in [1.807, 2.05) is 53.4 Å². The van der Waals surface area contributed by atoms with Crippen LogP contribution in [0.5, 0.6) is 0 Å². The van der Waals surface area contributed by atoms with E-state index in [0.29, 0.717) is 17.3 Å². The molecule has 0 aliphatic rings. The SMILES string of the molecule is Nc1cccc(Cl)c1Cn1cnc2ccccc21. The van der Waals surface area contributed by atoms with Crippen LogP contribution in [0, 0.1) is 0 Å². The van der Waals surface area contributed by atoms with E-state index in [1.54, 1.807) is 0 Å². The van der Waals surface area contributed by atoms with Gasteiger partial charge in [-0.3, -0.25) is 0 Å². The molecule has 90 valence electrons. The highest BCUT2D eigenvalue weighted by Gasteiger charge is 2.07. The van der Waals surface area contributed by atoms with Crippen molar-refractivity contribution in [2.75, 3.05) is 5.73 Å². The van der Waals surface area contributed by atoms with E-state index in [1.165, 1.54) is 0 Å². The number of nitrogens with two attached hydrogens (primary N) is 1. The number of hydrogen-bond donors (Lipinski definition) is 1. The maximum atomic E-state index is 6.18. The fraction of sp³-hybridized carbons (Fsp3) is 0.0714. The minimum absolute atomic E-state index is 0.631. The second-order valence-electron chi connectivity index (χ2n) is 4.17. The summed E-state index contributed by atoms with van der Waals surface area (Å²) in [5.41, 5.74) is 9.66. The van der Waals surface area contributed by atoms with E-state index >= 15 is 0 Å². The summed E-state index contributed by atoms with van der Waals surface area (Å²) >= 11 is 6.18. The lowest BCUT2D eigenvalue weighted by Gasteiger charge is -2.09. The summed E-state index contributed by atoms with van der Waals surface area (Å²) in [6.45, 7) is 0.631. The van der Waals surface area contributed by atoms with Gasteiger partial charge in [-0.2, -0.15) is 0 Å². The Morgan fingerprint density at radius 3 is 2.78 bits per heavy atom. The van der Waals surface area contributed by atoms with Crippen LogP contribution in [0.4, 0.5) is 5.69 Å². The number of anilines is 1. The monoisotopic (exact) mass is 257 g/mol. The van der Waals surface area contributed by atoms with Gasteiger partial charge >= 0.3 is 0 Å². The lowest BCUT2D eigenvalue weighted by atomic mass is 10.2. The first kappa shape index (κ1) is 11.1. The summed E-state index contributed by atoms with van der Waals surface area (Å²) in [7, 11) is 0. The van der Waals surface area contributed by atoms with E-state index < -0.39 is 0 Å². The third-order valence-corrected chi connectivity index (χ3v) is 3.37. The molecule has 2 N–H and O–H groups in total. The molecule has 0 unspecified atom stereocenters. The molecule has 0 spiro atoms. The summed E-state index contributed by atoms with van der Waals surface area (Å²) in [5, 5.41) is 0.688. The van der Waals surface area contributed by atoms with E-state index in [9.17, 15) is 0 Å². The van der Waals surface area contributed by atoms with Crippen LogP contribution >= 0.6 is 11.6 Å². The van der Waals surface area contributed by atoms with Crippen molar-refractivity contribution in [3.8, 4) is 0 Å². The van der Waals surface area contributed by atoms with Crippen molar-refractivity contribution in [3.63, 3.8) is 0 Å². The zero-order valence-corrected chi connectivity index (χ0v) is 10.4. The molecule has 3 aromatic rings. The van der Waals surface area contributed by atoms with Gasteiger partial charge in [0.25, 0.3) is 0 Å². The van der Waals surface area contributed by atoms with Crippen LogP contribution in [0.1, 0.15) is 5.56 Å². The number of hydrogen-bond acceptors (Lipinski definition) is 2. The number of rotatable bonds is 2. The number of fused-ring (bicyclic) bond motifs is 1. The maximum Gasteiger partial charge on any atom is 0.0961 e. The minimum Gasteiger partial charge on any atom is -0.398 e. The summed E-state index contributed by atoms with van der Waals surface area (Å²) in [6, 6.07) is 13.6. The van der Waals surface area contributed by atoms with Gasteiger partial charge in [-0.15, -0.1) is 0 Å². The number of aromatic nitrogens is 2. The van der Waals surface area contributed by atoms with Gasteiger partial charge in [0.1, 0.15) is 0 Å². The van der Waals surface area contributed by atoms with Crippen molar-refractivity contribution >= 4 is 28.3 Å². The zero-order valence-electron chi connectivity index (χ0n) is 9.68. The molecule has 1 heterocycles. The first-order valence-corrected chi connectivity index (χ1v) is 6.06. The molecule has 2 aromatic carbocycles. The summed E-state index contributed by atoms with van der Waals surface area (Å²) < 4.78 is 2.05. The van der Waals surface area contributed by atoms with Crippen LogP contribution in [0.2, 0.25) is 5.02 Å². The van der Waals surface area contributed by atoms with Gasteiger partial charge in [0.15, 0.2) is 0 Å². The van der Waals surface area contributed by atoms with Crippen molar-refractivity contribution in [1.29, 1.82) is 0 Å². The van der Waals surface area contributed by atoms with Gasteiger partial charge in [0.2, 0.25) is 0 Å². The van der Waals surface area contributed by atoms with E-state index in [2.05, 4.69) is 4.98 Å². The van der Waals surface area contributed by atoms with Gasteiger partial charge in [-0.05, 0) is 24.3 Å². The second-order valence-corrected chi connectivity index (χ2v) is 4.58. The number of benzene rings is 2. The molecule has 4 heteroatoms. The Morgan fingerprint density at radius 1 is 1.11 bits per heavy atom. The Balaban J connectivity index is 2.07. The van der Waals surface area contributed by atoms with Gasteiger partial charge < -0.3 is 10.3 Å². The van der Waals surface area contributed by atoms with E-state index in [-0.39, 0.29) is 0 Å². The standard InChI is InChI=1S/C14H12ClN3/c15-11-4-3-5-12(16)10(11)8-18-9-17-13-6-1-2-7-14(13)18/h1-7,9H,8,16H2. The van der Waals surface area contributed by atoms with E-state index in [0.717, 1.165) is 16.6 Å². The van der Waals surface area contributed by atoms with E-state index in [4.69, 9.17) is 17.3 Å². The van der Waals surface area contributed by atoms with Crippen molar-refractivity contribution in [2.24, 2.45) is 0 Å². The molecule has 0 saturated carbocycles. The van der Waals surface area contributed by atoms with Crippen molar-refractivity contribution in [2.45, 2.75) is 6.54 Å². The normalized spacial score (nSPS) is 10.9. The number of para-hydroxylation sites is 2. The highest BCUT2D eigenvalue weighted by atomic mass is 35.5. The van der Waals surface area contributed by atoms with Crippen LogP contribution in [-0.2, 0) is 6.54 Å². The van der Waals surface area contributed by atoms with Gasteiger partial charge in [0, 0.05) is 16.3 Å². The molecule has 0 saturated heterocycles. The number of nitrogens with zero attached hydrogens (tertiary/aromatic N) is 2. The Labute approximate surface area is 110 Å². The predicted molar refractivity (Wildman–Crippen MR) is 74.7 cm³/mol. The molecule has 0 amide bonds. The largest absolute Gasteiger partial charge is 0.398 e. The molecular weight excluding hydrogens is 246 g/mol. The van der Waals surface area contributed by atoms with Crippen molar-refractivity contribution < 1.29 is 0 Å². The summed E-state index contributed by atoms with van der Waals surface area (Å²) in [4.78, 5) is 4.35. The molecule has 3 rings (SSSR count). The maximum absolute atomic E-state index is 6.18. The Morgan fingerprint density at radius 2 is 1.94 bits per heavy atom. The lowest BCUT2D eigenvalue weighted by Crippen LogP contribution is -2.02. The molecule has 0 bridgehead atoms. The average Bonchev–Trinajstić information content (AvgIpc) is 2.77. The highest BCUT2D eigenvalue weighted by Crippen LogP contribution is 2.24. The first-order valence-electron chi connectivity index (χ1n) is 5.68. The molecular formula is C14H12ClN3. The smallest absolute Gasteiger partial charge is 0.0961 e. The highest BCUT2D eigenvalue weighted by molar-refractivity contribution is 6.31. The fourth-order valence-corrected chi connectivity index (χ4v) is 2.29. The topological polar surface area (TPSA) is 43.8 Å². The molecule has 0 aliphatic carbocycles. The van der Waals surface area contributed by atoms with Gasteiger partial charge in [-0.1, -0.05) is 29.8 Å². The van der Waals surface area contributed by atoms with Crippen LogP contribution in [0.15, 0.2) is 48.8 Å². The lowest BCUT2D eigenvalue weighted by molar-refractivity contribution is 0.827. The molecule has 0 fully saturated rings. The Kier molecular flexibility index (Phi) is 2.68. The van der Waals surface area contributed by atoms with Gasteiger partial charge in [0.05, 0.1) is 23.9 Å². The molecule has 18 heavy (non-hydrogen) atoms. The Bertz CT molecular complexity index is 683. The van der Waals surface area contributed by atoms with Crippen molar-refractivity contribution in [1.82, 2.24) is 9.55 Å². The zero-order chi connectivity index (χ0) is 12.5. The quantitative estimate of drug-likeness (QED) is 0.716. The predicted octanol–water partition coefficient (Wildman–Crippen LogP) is 3.32. The van der Waals surface area contributed by atoms with Crippen LogP contribution in [0.25, 0.3) is 11.0 Å². The molecule has 0 aliphatic heterocycles. The second kappa shape index (κ2) is 4.35. The first-order chi connectivity index (χ1) is 8.75. The summed E-state index contributed by atoms with van der Waals surface area (Å²) in [6.07, 6.45) is 1.81. The molecule has 0 radical (unpaired) electrons. The molecule has 3 nitrogen and oxygen atoms in total. The van der Waals surface area contributed by atoms with Crippen molar-refractivity contribution in [3.05, 3.63) is 59.4 Å². The number of imidazole rings is 1.